The van der Waals surface area contributed by atoms with E-state index in [9.17, 15) is 9.90 Å². The first kappa shape index (κ1) is 26.4. The monoisotopic (exact) mass is 497 g/mol. The molecule has 2 aliphatic heterocycles. The molecule has 0 saturated carbocycles. The number of carbonyl (C=O) groups excluding carboxylic acids is 1. The molecule has 1 amide bonds. The van der Waals surface area contributed by atoms with Gasteiger partial charge in [0.15, 0.2) is 0 Å². The van der Waals surface area contributed by atoms with Crippen LogP contribution in [0.1, 0.15) is 37.0 Å². The van der Waals surface area contributed by atoms with Gasteiger partial charge in [0.05, 0.1) is 19.8 Å². The number of aliphatic hydroxyl groups is 1. The van der Waals surface area contributed by atoms with Crippen molar-refractivity contribution in [1.29, 1.82) is 0 Å². The topological polar surface area (TPSA) is 84.4 Å². The van der Waals surface area contributed by atoms with E-state index in [0.29, 0.717) is 29.7 Å². The van der Waals surface area contributed by atoms with Crippen LogP contribution >= 0.6 is 0 Å². The van der Waals surface area contributed by atoms with E-state index in [2.05, 4.69) is 23.9 Å². The molecule has 1 N–H and O–H groups in total. The van der Waals surface area contributed by atoms with Crippen LogP contribution in [0.2, 0.25) is 0 Å². The third-order valence-electron chi connectivity index (χ3n) is 7.34. The molecule has 1 saturated heterocycles. The predicted molar refractivity (Wildman–Crippen MR) is 138 cm³/mol. The number of benzene rings is 1. The van der Waals surface area contributed by atoms with Crippen molar-refractivity contribution in [2.45, 2.75) is 38.8 Å². The number of likely N-dealkylation sites (N-methyl/N-ethyl adjacent to an activating group) is 1. The normalized spacial score (nSPS) is 21.9. The molecule has 8 heteroatoms. The number of hydrogen-bond donors (Lipinski definition) is 1. The Kier molecular flexibility index (Phi) is 8.82. The molecular weight excluding hydrogens is 458 g/mol. The fourth-order valence-corrected chi connectivity index (χ4v) is 5.10. The van der Waals surface area contributed by atoms with Gasteiger partial charge >= 0.3 is 0 Å². The third kappa shape index (κ3) is 5.99. The Morgan fingerprint density at radius 1 is 1.22 bits per heavy atom. The maximum absolute atomic E-state index is 13.7. The molecule has 196 valence electrons. The van der Waals surface area contributed by atoms with Crippen LogP contribution in [0.25, 0.3) is 11.1 Å². The lowest BCUT2D eigenvalue weighted by Crippen LogP contribution is -2.50. The fourth-order valence-electron chi connectivity index (χ4n) is 5.10. The van der Waals surface area contributed by atoms with Crippen molar-refractivity contribution in [1.82, 2.24) is 14.8 Å². The van der Waals surface area contributed by atoms with Gasteiger partial charge in [-0.2, -0.15) is 0 Å². The number of fused-ring (bicyclic) bond motifs is 1. The van der Waals surface area contributed by atoms with E-state index in [1.54, 1.807) is 18.2 Å². The highest BCUT2D eigenvalue weighted by molar-refractivity contribution is 5.98. The number of ether oxygens (including phenoxy) is 3. The second-order valence-corrected chi connectivity index (χ2v) is 10.2. The zero-order valence-electron chi connectivity index (χ0n) is 21.9. The lowest BCUT2D eigenvalue weighted by atomic mass is 9.97. The number of aliphatic hydroxyl groups excluding tert-OH is 1. The first-order chi connectivity index (χ1) is 17.4. The van der Waals surface area contributed by atoms with Crippen molar-refractivity contribution >= 4 is 5.91 Å². The number of amides is 1. The van der Waals surface area contributed by atoms with Crippen LogP contribution in [0, 0.1) is 11.8 Å². The van der Waals surface area contributed by atoms with Gasteiger partial charge < -0.3 is 29.1 Å². The maximum Gasteiger partial charge on any atom is 0.259 e. The lowest BCUT2D eigenvalue weighted by Gasteiger charge is -2.38. The SMILES string of the molecule is COc1ccccc1-c1cnc2c(c1)C(=O)N([C@@H](C)CO)C[C@H](C)[C@H](CN(C)CC1CCOCC1)O2. The number of aromatic nitrogens is 1. The smallest absolute Gasteiger partial charge is 0.259 e. The van der Waals surface area contributed by atoms with Gasteiger partial charge in [0.25, 0.3) is 5.91 Å². The number of pyridine rings is 1. The fraction of sp³-hybridized carbons (Fsp3) is 0.571. The van der Waals surface area contributed by atoms with Crippen molar-refractivity contribution in [2.75, 3.05) is 53.6 Å². The number of methoxy groups -OCH3 is 1. The van der Waals surface area contributed by atoms with E-state index < -0.39 is 0 Å². The Morgan fingerprint density at radius 2 is 1.97 bits per heavy atom. The van der Waals surface area contributed by atoms with Crippen molar-refractivity contribution in [3.63, 3.8) is 0 Å². The largest absolute Gasteiger partial charge is 0.496 e. The molecule has 0 radical (unpaired) electrons. The van der Waals surface area contributed by atoms with Gasteiger partial charge in [-0.3, -0.25) is 4.79 Å². The average molecular weight is 498 g/mol. The van der Waals surface area contributed by atoms with Crippen LogP contribution in [0.5, 0.6) is 11.6 Å². The number of rotatable bonds is 8. The third-order valence-corrected chi connectivity index (χ3v) is 7.34. The first-order valence-electron chi connectivity index (χ1n) is 12.9. The molecule has 0 unspecified atom stereocenters. The van der Waals surface area contributed by atoms with Crippen LogP contribution in [0.4, 0.5) is 0 Å². The van der Waals surface area contributed by atoms with Crippen molar-refractivity contribution in [3.8, 4) is 22.8 Å². The highest BCUT2D eigenvalue weighted by Gasteiger charge is 2.34. The minimum Gasteiger partial charge on any atom is -0.496 e. The van der Waals surface area contributed by atoms with E-state index in [0.717, 1.165) is 50.3 Å². The van der Waals surface area contributed by atoms with Gasteiger partial charge in [0.1, 0.15) is 17.4 Å². The molecule has 2 aliphatic rings. The van der Waals surface area contributed by atoms with Crippen LogP contribution in [0.15, 0.2) is 36.5 Å². The molecule has 0 bridgehead atoms. The Bertz CT molecular complexity index is 1030. The predicted octanol–water partition coefficient (Wildman–Crippen LogP) is 3.34. The number of para-hydroxylation sites is 1. The summed E-state index contributed by atoms with van der Waals surface area (Å²) in [5.41, 5.74) is 2.04. The molecule has 2 aromatic rings. The highest BCUT2D eigenvalue weighted by Crippen LogP contribution is 2.34. The zero-order chi connectivity index (χ0) is 25.7. The molecule has 1 aromatic carbocycles. The summed E-state index contributed by atoms with van der Waals surface area (Å²) < 4.78 is 17.5. The minimum atomic E-state index is -0.318. The lowest BCUT2D eigenvalue weighted by molar-refractivity contribution is 0.0254. The van der Waals surface area contributed by atoms with Crippen LogP contribution in [-0.2, 0) is 4.74 Å². The number of hydrogen-bond acceptors (Lipinski definition) is 7. The van der Waals surface area contributed by atoms with Crippen molar-refractivity contribution < 1.29 is 24.1 Å². The first-order valence-corrected chi connectivity index (χ1v) is 12.9. The number of carbonyl (C=O) groups is 1. The maximum atomic E-state index is 13.7. The van der Waals surface area contributed by atoms with Gasteiger partial charge in [-0.05, 0) is 44.9 Å². The quantitative estimate of drug-likeness (QED) is 0.599. The van der Waals surface area contributed by atoms with E-state index in [4.69, 9.17) is 14.2 Å². The molecule has 4 rings (SSSR count). The molecule has 0 aliphatic carbocycles. The summed E-state index contributed by atoms with van der Waals surface area (Å²) in [5.74, 6) is 1.54. The summed E-state index contributed by atoms with van der Waals surface area (Å²) in [5, 5.41) is 9.92. The molecule has 36 heavy (non-hydrogen) atoms. The van der Waals surface area contributed by atoms with Crippen LogP contribution in [0.3, 0.4) is 0 Å². The molecule has 1 fully saturated rings. The molecule has 3 heterocycles. The van der Waals surface area contributed by atoms with Crippen molar-refractivity contribution in [2.24, 2.45) is 11.8 Å². The molecule has 8 nitrogen and oxygen atoms in total. The second-order valence-electron chi connectivity index (χ2n) is 10.2. The molecule has 0 spiro atoms. The Morgan fingerprint density at radius 3 is 2.69 bits per heavy atom. The van der Waals surface area contributed by atoms with Gasteiger partial charge in [-0.1, -0.05) is 25.1 Å². The average Bonchev–Trinajstić information content (AvgIpc) is 2.90. The van der Waals surface area contributed by atoms with Crippen LogP contribution < -0.4 is 9.47 Å². The second kappa shape index (κ2) is 12.0. The summed E-state index contributed by atoms with van der Waals surface area (Å²) in [7, 11) is 3.75. The Labute approximate surface area is 214 Å². The summed E-state index contributed by atoms with van der Waals surface area (Å²) in [4.78, 5) is 22.4. The van der Waals surface area contributed by atoms with Crippen LogP contribution in [-0.4, -0.2) is 91.6 Å². The van der Waals surface area contributed by atoms with E-state index >= 15 is 0 Å². The van der Waals surface area contributed by atoms with Gasteiger partial charge in [0, 0.05) is 56.1 Å². The summed E-state index contributed by atoms with van der Waals surface area (Å²) in [6, 6.07) is 9.18. The summed E-state index contributed by atoms with van der Waals surface area (Å²) in [6.07, 6.45) is 3.74. The number of nitrogens with zero attached hydrogens (tertiary/aromatic N) is 3. The zero-order valence-corrected chi connectivity index (χ0v) is 21.9. The molecular formula is C28H39N3O5. The van der Waals surface area contributed by atoms with Gasteiger partial charge in [0.2, 0.25) is 5.88 Å². The standard InChI is InChI=1S/C28H39N3O5/c1-19-15-31(20(2)18-32)28(33)24-13-22(23-7-5-6-8-25(23)34-4)14-29-27(24)36-26(19)17-30(3)16-21-9-11-35-12-10-21/h5-8,13-14,19-21,26,32H,9-12,15-18H2,1-4H3/t19-,20-,26-/m0/s1. The van der Waals surface area contributed by atoms with Gasteiger partial charge in [-0.15, -0.1) is 0 Å². The van der Waals surface area contributed by atoms with E-state index in [1.807, 2.05) is 37.3 Å². The van der Waals surface area contributed by atoms with Crippen molar-refractivity contribution in [3.05, 3.63) is 42.1 Å². The van der Waals surface area contributed by atoms with Gasteiger partial charge in [-0.25, -0.2) is 4.98 Å². The summed E-state index contributed by atoms with van der Waals surface area (Å²) in [6.45, 7) is 7.73. The van der Waals surface area contributed by atoms with E-state index in [-0.39, 0.29) is 30.6 Å². The molecule has 1 aromatic heterocycles. The van der Waals surface area contributed by atoms with E-state index in [1.165, 1.54) is 0 Å². The summed E-state index contributed by atoms with van der Waals surface area (Å²) >= 11 is 0. The highest BCUT2D eigenvalue weighted by atomic mass is 16.5. The Balaban J connectivity index is 1.64. The minimum absolute atomic E-state index is 0.0592. The Hall–Kier alpha value is -2.68. The molecule has 3 atom stereocenters.